The number of nitrogens with zero attached hydrogens (tertiary/aromatic N) is 6. The Hall–Kier alpha value is -3.34. The van der Waals surface area contributed by atoms with E-state index < -0.39 is 0 Å². The fourth-order valence-electron chi connectivity index (χ4n) is 3.02. The molecule has 1 N–H and O–H groups in total. The lowest BCUT2D eigenvalue weighted by atomic mass is 10.2. The van der Waals surface area contributed by atoms with Crippen LogP contribution in [0.5, 0.6) is 0 Å². The highest BCUT2D eigenvalue weighted by atomic mass is 16.2. The van der Waals surface area contributed by atoms with Crippen molar-refractivity contribution in [3.05, 3.63) is 47.9 Å². The highest BCUT2D eigenvalue weighted by molar-refractivity contribution is 5.76. The molecule has 1 aromatic heterocycles. The molecule has 0 saturated carbocycles. The molecule has 31 heavy (non-hydrogen) atoms. The molecule has 1 heterocycles. The average molecular weight is 424 g/mol. The number of aromatic nitrogens is 2. The van der Waals surface area contributed by atoms with Gasteiger partial charge in [0.05, 0.1) is 0 Å². The zero-order chi connectivity index (χ0) is 22.8. The van der Waals surface area contributed by atoms with Gasteiger partial charge >= 0.3 is 6.03 Å². The van der Waals surface area contributed by atoms with E-state index in [2.05, 4.69) is 60.4 Å². The summed E-state index contributed by atoms with van der Waals surface area (Å²) in [5, 5.41) is 10.8. The Morgan fingerprint density at radius 1 is 1.19 bits per heavy atom. The Kier molecular flexibility index (Phi) is 9.07. The Morgan fingerprint density at radius 3 is 2.48 bits per heavy atom. The van der Waals surface area contributed by atoms with Crippen molar-refractivity contribution in [3.63, 3.8) is 0 Å². The first-order chi connectivity index (χ1) is 14.8. The monoisotopic (exact) mass is 423 g/mol. The molecule has 0 spiro atoms. The summed E-state index contributed by atoms with van der Waals surface area (Å²) >= 11 is 0. The first-order valence-corrected chi connectivity index (χ1v) is 10.7. The van der Waals surface area contributed by atoms with Crippen LogP contribution in [-0.2, 0) is 6.54 Å². The van der Waals surface area contributed by atoms with Crippen LogP contribution in [-0.4, -0.2) is 48.1 Å². The van der Waals surface area contributed by atoms with Crippen LogP contribution < -0.4 is 15.3 Å². The Bertz CT molecular complexity index is 874. The van der Waals surface area contributed by atoms with Crippen molar-refractivity contribution < 1.29 is 4.79 Å². The predicted molar refractivity (Wildman–Crippen MR) is 124 cm³/mol. The molecule has 2 aromatic rings. The number of unbranched alkanes of at least 4 members (excludes halogenated alkanes) is 1. The van der Waals surface area contributed by atoms with E-state index in [0.29, 0.717) is 25.5 Å². The molecule has 0 aliphatic carbocycles. The highest BCUT2D eigenvalue weighted by Gasteiger charge is 2.19. The minimum absolute atomic E-state index is 0.0735. The van der Waals surface area contributed by atoms with Crippen LogP contribution in [0, 0.1) is 17.2 Å². The van der Waals surface area contributed by atoms with Crippen LogP contribution in [0.15, 0.2) is 36.5 Å². The van der Waals surface area contributed by atoms with E-state index in [9.17, 15) is 4.79 Å². The quantitative estimate of drug-likeness (QED) is 0.585. The van der Waals surface area contributed by atoms with E-state index >= 15 is 0 Å². The molecular weight excluding hydrogens is 390 g/mol. The number of hydrogen-bond acceptors (Lipinski definition) is 6. The second-order valence-electron chi connectivity index (χ2n) is 8.11. The summed E-state index contributed by atoms with van der Waals surface area (Å²) < 4.78 is 0. The summed E-state index contributed by atoms with van der Waals surface area (Å²) in [5.41, 5.74) is 5.18. The number of carbonyl (C=O) groups excluding carboxylic acids is 1. The van der Waals surface area contributed by atoms with Crippen molar-refractivity contribution in [2.45, 2.75) is 40.2 Å². The fraction of sp³-hybridized carbons (Fsp3) is 0.478. The molecule has 0 aliphatic rings. The maximum absolute atomic E-state index is 13.2. The summed E-state index contributed by atoms with van der Waals surface area (Å²) in [6.45, 7) is 7.96. The largest absolute Gasteiger partial charge is 0.378 e. The minimum Gasteiger partial charge on any atom is -0.378 e. The number of carbonyl (C=O) groups is 1. The van der Waals surface area contributed by atoms with Gasteiger partial charge in [0.15, 0.2) is 5.82 Å². The number of urea groups is 1. The number of rotatable bonds is 10. The molecule has 0 bridgehead atoms. The van der Waals surface area contributed by atoms with E-state index in [1.54, 1.807) is 11.1 Å². The smallest absolute Gasteiger partial charge is 0.336 e. The van der Waals surface area contributed by atoms with Crippen molar-refractivity contribution >= 4 is 17.5 Å². The molecular formula is C23H33N7O. The predicted octanol–water partition coefficient (Wildman–Crippen LogP) is 3.80. The molecule has 2 amide bonds. The lowest BCUT2D eigenvalue weighted by molar-refractivity contribution is 0.192. The third-order valence-corrected chi connectivity index (χ3v) is 4.69. The lowest BCUT2D eigenvalue weighted by Crippen LogP contribution is -2.51. The summed E-state index contributed by atoms with van der Waals surface area (Å²) in [6, 6.07) is 11.7. The van der Waals surface area contributed by atoms with Crippen molar-refractivity contribution in [3.8, 4) is 6.07 Å². The third-order valence-electron chi connectivity index (χ3n) is 4.69. The lowest BCUT2D eigenvalue weighted by Gasteiger charge is -2.30. The van der Waals surface area contributed by atoms with Crippen molar-refractivity contribution in [2.24, 2.45) is 5.92 Å². The first-order valence-electron chi connectivity index (χ1n) is 10.7. The molecule has 0 fully saturated rings. The van der Waals surface area contributed by atoms with Crippen LogP contribution in [0.2, 0.25) is 0 Å². The molecule has 1 aromatic carbocycles. The van der Waals surface area contributed by atoms with E-state index in [4.69, 9.17) is 5.26 Å². The van der Waals surface area contributed by atoms with E-state index in [1.807, 2.05) is 30.0 Å². The molecule has 0 saturated heterocycles. The van der Waals surface area contributed by atoms with Gasteiger partial charge in [0, 0.05) is 51.7 Å². The van der Waals surface area contributed by atoms with E-state index in [-0.39, 0.29) is 17.8 Å². The molecule has 0 radical (unpaired) electrons. The van der Waals surface area contributed by atoms with Crippen LogP contribution in [0.25, 0.3) is 0 Å². The fourth-order valence-corrected chi connectivity index (χ4v) is 3.02. The molecule has 0 aliphatic heterocycles. The zero-order valence-corrected chi connectivity index (χ0v) is 19.2. The number of nitriles is 1. The summed E-state index contributed by atoms with van der Waals surface area (Å²) in [5.74, 6) is 0.854. The van der Waals surface area contributed by atoms with Gasteiger partial charge in [-0.2, -0.15) is 10.2 Å². The van der Waals surface area contributed by atoms with Crippen LogP contribution in [0.3, 0.4) is 0 Å². The number of anilines is 2. The molecule has 8 heteroatoms. The topological polar surface area (TPSA) is 88.4 Å². The van der Waals surface area contributed by atoms with Crippen LogP contribution >= 0.6 is 0 Å². The second-order valence-corrected chi connectivity index (χ2v) is 8.11. The maximum Gasteiger partial charge on any atom is 0.336 e. The summed E-state index contributed by atoms with van der Waals surface area (Å²) in [4.78, 5) is 25.2. The minimum atomic E-state index is -0.192. The standard InChI is InChI=1S/C23H33N7O/c1-6-7-14-29(17-19-8-10-20(11-9-19)28(4)5)23(31)27-30(16-18(2)3)22-12-13-25-21(15-24)26-22/h8-13,18H,6-7,14,16-17H2,1-5H3,(H,27,31). The second kappa shape index (κ2) is 11.7. The normalized spacial score (nSPS) is 10.5. The van der Waals surface area contributed by atoms with Crippen LogP contribution in [0.1, 0.15) is 45.0 Å². The van der Waals surface area contributed by atoms with Gasteiger partial charge in [0.1, 0.15) is 6.07 Å². The first kappa shape index (κ1) is 23.9. The van der Waals surface area contributed by atoms with Crippen molar-refractivity contribution in [1.29, 1.82) is 5.26 Å². The SMILES string of the molecule is CCCCN(Cc1ccc(N(C)C)cc1)C(=O)NN(CC(C)C)c1ccnc(C#N)n1. The van der Waals surface area contributed by atoms with Gasteiger partial charge in [-0.1, -0.05) is 39.3 Å². The van der Waals surface area contributed by atoms with E-state index in [1.165, 1.54) is 6.20 Å². The number of hydrogen-bond donors (Lipinski definition) is 1. The highest BCUT2D eigenvalue weighted by Crippen LogP contribution is 2.15. The average Bonchev–Trinajstić information content (AvgIpc) is 2.76. The molecule has 0 atom stereocenters. The van der Waals surface area contributed by atoms with Crippen LogP contribution in [0.4, 0.5) is 16.3 Å². The van der Waals surface area contributed by atoms with Gasteiger partial charge in [-0.25, -0.2) is 15.2 Å². The third kappa shape index (κ3) is 7.45. The van der Waals surface area contributed by atoms with Crippen molar-refractivity contribution in [1.82, 2.24) is 20.3 Å². The number of hydrazine groups is 1. The van der Waals surface area contributed by atoms with Gasteiger partial charge in [-0.15, -0.1) is 0 Å². The zero-order valence-electron chi connectivity index (χ0n) is 19.2. The van der Waals surface area contributed by atoms with Crippen molar-refractivity contribution in [2.75, 3.05) is 37.1 Å². The summed E-state index contributed by atoms with van der Waals surface area (Å²) in [7, 11) is 4.01. The summed E-state index contributed by atoms with van der Waals surface area (Å²) in [6.07, 6.45) is 3.44. The number of benzene rings is 1. The Labute approximate surface area is 185 Å². The number of nitrogens with one attached hydrogen (secondary N) is 1. The van der Waals surface area contributed by atoms with E-state index in [0.717, 1.165) is 24.1 Å². The van der Waals surface area contributed by atoms with Gasteiger partial charge < -0.3 is 9.80 Å². The maximum atomic E-state index is 13.2. The molecule has 8 nitrogen and oxygen atoms in total. The molecule has 166 valence electrons. The number of amides is 2. The van der Waals surface area contributed by atoms with Gasteiger partial charge in [-0.3, -0.25) is 5.01 Å². The van der Waals surface area contributed by atoms with Gasteiger partial charge in [-0.05, 0) is 30.0 Å². The molecule has 2 rings (SSSR count). The van der Waals surface area contributed by atoms with Gasteiger partial charge in [0.25, 0.3) is 0 Å². The molecule has 0 unspecified atom stereocenters. The Balaban J connectivity index is 2.19. The van der Waals surface area contributed by atoms with Gasteiger partial charge in [0.2, 0.25) is 5.82 Å². The Morgan fingerprint density at radius 2 is 1.90 bits per heavy atom.